The van der Waals surface area contributed by atoms with E-state index >= 15 is 0 Å². The molecule has 28 heavy (non-hydrogen) atoms. The Hall–Kier alpha value is -3.94. The molecule has 8 heteroatoms. The highest BCUT2D eigenvalue weighted by Crippen LogP contribution is 2.33. The summed E-state index contributed by atoms with van der Waals surface area (Å²) in [5.41, 5.74) is 2.65. The second-order valence-corrected chi connectivity index (χ2v) is 6.04. The first-order valence-corrected chi connectivity index (χ1v) is 8.61. The van der Waals surface area contributed by atoms with Gasteiger partial charge in [0.2, 0.25) is 0 Å². The van der Waals surface area contributed by atoms with Crippen LogP contribution in [0.2, 0.25) is 0 Å². The molecular weight excluding hydrogens is 360 g/mol. The number of ether oxygens (including phenoxy) is 1. The van der Waals surface area contributed by atoms with Crippen LogP contribution in [-0.2, 0) is 0 Å². The minimum absolute atomic E-state index is 0.204. The van der Waals surface area contributed by atoms with Crippen molar-refractivity contribution in [3.63, 3.8) is 0 Å². The normalized spacial score (nSPS) is 10.9. The number of nitrogens with one attached hydrogen (secondary N) is 2. The van der Waals surface area contributed by atoms with E-state index in [0.29, 0.717) is 29.4 Å². The van der Waals surface area contributed by atoms with Gasteiger partial charge in [-0.05, 0) is 42.3 Å². The summed E-state index contributed by atoms with van der Waals surface area (Å²) in [4.78, 5) is 37.4. The van der Waals surface area contributed by atoms with Gasteiger partial charge in [0, 0.05) is 0 Å². The van der Waals surface area contributed by atoms with Crippen molar-refractivity contribution in [1.29, 1.82) is 0 Å². The number of aromatic carboxylic acids is 1. The third-order valence-electron chi connectivity index (χ3n) is 4.27. The molecule has 0 aliphatic heterocycles. The maximum absolute atomic E-state index is 12.2. The number of fused-ring (bicyclic) bond motifs is 1. The Kier molecular flexibility index (Phi) is 4.36. The first kappa shape index (κ1) is 17.5. The van der Waals surface area contributed by atoms with E-state index in [4.69, 9.17) is 4.74 Å². The Morgan fingerprint density at radius 1 is 1.18 bits per heavy atom. The van der Waals surface area contributed by atoms with Crippen molar-refractivity contribution in [2.24, 2.45) is 0 Å². The molecule has 0 atom stereocenters. The number of hydrogen-bond acceptors (Lipinski definition) is 5. The van der Waals surface area contributed by atoms with Gasteiger partial charge in [-0.2, -0.15) is 0 Å². The largest absolute Gasteiger partial charge is 0.493 e. The second kappa shape index (κ2) is 6.99. The molecule has 0 saturated carbocycles. The topological polar surface area (TPSA) is 121 Å². The Bertz CT molecular complexity index is 1240. The number of nitrogens with zero attached hydrogens (tertiary/aromatic N) is 2. The highest BCUT2D eigenvalue weighted by molar-refractivity contribution is 5.89. The van der Waals surface area contributed by atoms with Crippen LogP contribution in [0, 0.1) is 0 Å². The van der Waals surface area contributed by atoms with Crippen LogP contribution in [0.1, 0.15) is 17.3 Å². The third-order valence-corrected chi connectivity index (χ3v) is 4.27. The molecule has 4 aromatic rings. The zero-order valence-electron chi connectivity index (χ0n) is 14.9. The van der Waals surface area contributed by atoms with Crippen molar-refractivity contribution in [2.45, 2.75) is 6.92 Å². The Labute approximate surface area is 158 Å². The summed E-state index contributed by atoms with van der Waals surface area (Å²) in [6.07, 6.45) is 1.42. The van der Waals surface area contributed by atoms with Crippen molar-refractivity contribution in [3.8, 4) is 28.3 Å². The van der Waals surface area contributed by atoms with Crippen molar-refractivity contribution in [2.75, 3.05) is 6.61 Å². The number of carboxylic acid groups (broad SMARTS) is 1. The molecule has 0 fully saturated rings. The standard InChI is InChI=1S/C20H16N4O4/c1-2-28-15-9-12(11-4-3-5-13(8-11)20(26)27)6-7-14(15)17-23-18-16(19(25)24-17)21-10-22-18/h3-10H,2H2,1H3,(H,26,27)(H2,21,22,23,24,25). The monoisotopic (exact) mass is 376 g/mol. The Morgan fingerprint density at radius 2 is 2.00 bits per heavy atom. The molecular formula is C20H16N4O4. The number of hydrogen-bond donors (Lipinski definition) is 3. The fourth-order valence-electron chi connectivity index (χ4n) is 2.98. The number of aromatic amines is 2. The lowest BCUT2D eigenvalue weighted by Crippen LogP contribution is -2.10. The molecule has 2 aromatic heterocycles. The molecule has 4 rings (SSSR count). The molecule has 0 unspecified atom stereocenters. The maximum atomic E-state index is 12.2. The number of imidazole rings is 1. The minimum Gasteiger partial charge on any atom is -0.493 e. The summed E-state index contributed by atoms with van der Waals surface area (Å²) < 4.78 is 5.76. The van der Waals surface area contributed by atoms with E-state index in [1.165, 1.54) is 12.4 Å². The van der Waals surface area contributed by atoms with Crippen LogP contribution in [0.15, 0.2) is 53.6 Å². The lowest BCUT2D eigenvalue weighted by molar-refractivity contribution is 0.0697. The fourth-order valence-corrected chi connectivity index (χ4v) is 2.98. The molecule has 2 heterocycles. The molecule has 140 valence electrons. The van der Waals surface area contributed by atoms with Gasteiger partial charge in [0.15, 0.2) is 11.2 Å². The van der Waals surface area contributed by atoms with Crippen LogP contribution in [0.5, 0.6) is 5.75 Å². The molecule has 0 radical (unpaired) electrons. The second-order valence-electron chi connectivity index (χ2n) is 6.04. The first-order valence-electron chi connectivity index (χ1n) is 8.61. The van der Waals surface area contributed by atoms with E-state index in [0.717, 1.165) is 11.1 Å². The van der Waals surface area contributed by atoms with Gasteiger partial charge in [0.1, 0.15) is 11.6 Å². The predicted octanol–water partition coefficient (Wildman–Crippen LogP) is 3.08. The Morgan fingerprint density at radius 3 is 2.79 bits per heavy atom. The molecule has 3 N–H and O–H groups in total. The van der Waals surface area contributed by atoms with Gasteiger partial charge in [-0.1, -0.05) is 18.2 Å². The summed E-state index contributed by atoms with van der Waals surface area (Å²) in [7, 11) is 0. The Balaban J connectivity index is 1.84. The van der Waals surface area contributed by atoms with E-state index in [-0.39, 0.29) is 16.6 Å². The van der Waals surface area contributed by atoms with Crippen molar-refractivity contribution < 1.29 is 14.6 Å². The average molecular weight is 376 g/mol. The molecule has 0 spiro atoms. The molecule has 2 aromatic carbocycles. The summed E-state index contributed by atoms with van der Waals surface area (Å²) in [6.45, 7) is 2.28. The summed E-state index contributed by atoms with van der Waals surface area (Å²) >= 11 is 0. The number of benzene rings is 2. The van der Waals surface area contributed by atoms with Gasteiger partial charge in [-0.3, -0.25) is 4.79 Å². The fraction of sp³-hybridized carbons (Fsp3) is 0.100. The van der Waals surface area contributed by atoms with E-state index < -0.39 is 5.97 Å². The maximum Gasteiger partial charge on any atom is 0.335 e. The molecule has 0 aliphatic carbocycles. The first-order chi connectivity index (χ1) is 13.6. The van der Waals surface area contributed by atoms with E-state index in [2.05, 4.69) is 19.9 Å². The van der Waals surface area contributed by atoms with E-state index in [1.54, 1.807) is 24.3 Å². The van der Waals surface area contributed by atoms with Gasteiger partial charge in [0.25, 0.3) is 5.56 Å². The van der Waals surface area contributed by atoms with Crippen LogP contribution in [0.25, 0.3) is 33.7 Å². The summed E-state index contributed by atoms with van der Waals surface area (Å²) in [6, 6.07) is 12.1. The smallest absolute Gasteiger partial charge is 0.335 e. The minimum atomic E-state index is -0.988. The number of rotatable bonds is 5. The van der Waals surface area contributed by atoms with Crippen molar-refractivity contribution in [1.82, 2.24) is 19.9 Å². The van der Waals surface area contributed by atoms with Crippen LogP contribution < -0.4 is 10.3 Å². The third kappa shape index (κ3) is 3.11. The molecule has 0 bridgehead atoms. The number of carbonyl (C=O) groups is 1. The molecule has 0 amide bonds. The number of H-pyrrole nitrogens is 2. The summed E-state index contributed by atoms with van der Waals surface area (Å²) in [5, 5.41) is 9.21. The average Bonchev–Trinajstić information content (AvgIpc) is 3.17. The number of carboxylic acids is 1. The van der Waals surface area contributed by atoms with E-state index in [1.807, 2.05) is 19.1 Å². The van der Waals surface area contributed by atoms with Gasteiger partial charge in [-0.15, -0.1) is 0 Å². The van der Waals surface area contributed by atoms with Gasteiger partial charge < -0.3 is 19.8 Å². The highest BCUT2D eigenvalue weighted by Gasteiger charge is 2.14. The number of aromatic nitrogens is 4. The highest BCUT2D eigenvalue weighted by atomic mass is 16.5. The van der Waals surface area contributed by atoms with Crippen molar-refractivity contribution in [3.05, 3.63) is 64.7 Å². The molecule has 0 aliphatic rings. The summed E-state index contributed by atoms with van der Waals surface area (Å²) in [5.74, 6) is -0.100. The van der Waals surface area contributed by atoms with Crippen LogP contribution in [0.3, 0.4) is 0 Å². The lowest BCUT2D eigenvalue weighted by atomic mass is 10.0. The van der Waals surface area contributed by atoms with E-state index in [9.17, 15) is 14.7 Å². The molecule has 0 saturated heterocycles. The zero-order valence-corrected chi connectivity index (χ0v) is 14.9. The van der Waals surface area contributed by atoms with Crippen LogP contribution >= 0.6 is 0 Å². The quantitative estimate of drug-likeness (QED) is 0.492. The van der Waals surface area contributed by atoms with Gasteiger partial charge in [-0.25, -0.2) is 14.8 Å². The predicted molar refractivity (Wildman–Crippen MR) is 104 cm³/mol. The lowest BCUT2D eigenvalue weighted by Gasteiger charge is -2.12. The van der Waals surface area contributed by atoms with Gasteiger partial charge >= 0.3 is 5.97 Å². The molecule has 8 nitrogen and oxygen atoms in total. The van der Waals surface area contributed by atoms with Gasteiger partial charge in [0.05, 0.1) is 24.1 Å². The van der Waals surface area contributed by atoms with Crippen molar-refractivity contribution >= 4 is 17.1 Å². The van der Waals surface area contributed by atoms with Crippen LogP contribution in [0.4, 0.5) is 0 Å². The zero-order chi connectivity index (χ0) is 19.7. The SMILES string of the molecule is CCOc1cc(-c2cccc(C(=O)O)c2)ccc1-c1nc2[nH]cnc2c(=O)[nH]1. The van der Waals surface area contributed by atoms with Crippen LogP contribution in [-0.4, -0.2) is 37.6 Å².